The van der Waals surface area contributed by atoms with Crippen molar-refractivity contribution < 1.29 is 37.9 Å². The molecule has 0 saturated heterocycles. The molecule has 1 amide bonds. The summed E-state index contributed by atoms with van der Waals surface area (Å²) in [6.45, 7) is 4.40. The Morgan fingerprint density at radius 1 is 1.17 bits per heavy atom. The minimum absolute atomic E-state index is 0.160. The van der Waals surface area contributed by atoms with Crippen molar-refractivity contribution in [1.29, 1.82) is 0 Å². The lowest BCUT2D eigenvalue weighted by Gasteiger charge is -2.32. The van der Waals surface area contributed by atoms with E-state index in [2.05, 4.69) is 5.32 Å². The van der Waals surface area contributed by atoms with E-state index in [9.17, 15) is 32.9 Å². The van der Waals surface area contributed by atoms with Crippen molar-refractivity contribution in [2.24, 2.45) is 5.92 Å². The largest absolute Gasteiger partial charge is 0.481 e. The number of carboxylic acids is 2. The van der Waals surface area contributed by atoms with Crippen LogP contribution in [0.5, 0.6) is 0 Å². The highest BCUT2D eigenvalue weighted by molar-refractivity contribution is 7.89. The number of sulfonamides is 1. The first-order valence-electron chi connectivity index (χ1n) is 8.84. The van der Waals surface area contributed by atoms with Crippen molar-refractivity contribution in [3.8, 4) is 0 Å². The minimum atomic E-state index is -4.28. The predicted octanol–water partition coefficient (Wildman–Crippen LogP) is 0.674. The number of nitrogens with zero attached hydrogens (tertiary/aromatic N) is 2. The van der Waals surface area contributed by atoms with Crippen LogP contribution in [0, 0.1) is 16.0 Å². The summed E-state index contributed by atoms with van der Waals surface area (Å²) in [6.07, 6.45) is -0.882. The number of carboxylic acid groups (broad SMARTS) is 2. The van der Waals surface area contributed by atoms with E-state index < -0.39 is 57.2 Å². The molecule has 0 spiro atoms. The van der Waals surface area contributed by atoms with Crippen molar-refractivity contribution >= 4 is 33.6 Å². The number of carbonyl (C=O) groups is 3. The van der Waals surface area contributed by atoms with Gasteiger partial charge < -0.3 is 15.5 Å². The molecule has 0 fully saturated rings. The number of hydrogen-bond donors (Lipinski definition) is 3. The number of carbonyl (C=O) groups excluding carboxylic acids is 1. The number of amides is 1. The smallest absolute Gasteiger partial charge is 0.326 e. The molecule has 1 rings (SSSR count). The molecule has 0 saturated carbocycles. The fourth-order valence-electron chi connectivity index (χ4n) is 2.79. The van der Waals surface area contributed by atoms with Gasteiger partial charge in [0, 0.05) is 18.7 Å². The van der Waals surface area contributed by atoms with E-state index in [1.165, 1.54) is 6.92 Å². The number of aliphatic carboxylic acids is 2. The Kier molecular flexibility index (Phi) is 8.42. The number of hydrogen-bond acceptors (Lipinski definition) is 7. The molecule has 0 heterocycles. The maximum absolute atomic E-state index is 13.1. The summed E-state index contributed by atoms with van der Waals surface area (Å²) < 4.78 is 27.0. The lowest BCUT2D eigenvalue weighted by Crippen LogP contribution is -2.55. The first-order valence-corrected chi connectivity index (χ1v) is 10.3. The standard InChI is InChI=1S/C17H23N3O9S/c1-4-19(30(28,29)12-7-5-11(6-8-12)20(26)27)15(10(2)3)16(23)18-13(17(24)25)9-14(21)22/h5-8,10,13,15H,4,9H2,1-3H3,(H,18,23)(H,21,22)(H,24,25)/t13-,15-/m0/s1. The summed E-state index contributed by atoms with van der Waals surface area (Å²) in [7, 11) is -4.28. The molecule has 0 aliphatic carbocycles. The lowest BCUT2D eigenvalue weighted by atomic mass is 10.0. The Hall–Kier alpha value is -3.06. The molecule has 13 heteroatoms. The van der Waals surface area contributed by atoms with Gasteiger partial charge in [-0.3, -0.25) is 19.7 Å². The summed E-state index contributed by atoms with van der Waals surface area (Å²) in [4.78, 5) is 44.6. The van der Waals surface area contributed by atoms with Crippen LogP contribution in [0.3, 0.4) is 0 Å². The average molecular weight is 445 g/mol. The van der Waals surface area contributed by atoms with Crippen molar-refractivity contribution in [2.45, 2.75) is 44.2 Å². The van der Waals surface area contributed by atoms with E-state index in [0.29, 0.717) is 0 Å². The van der Waals surface area contributed by atoms with Crippen molar-refractivity contribution in [3.63, 3.8) is 0 Å². The van der Waals surface area contributed by atoms with Gasteiger partial charge in [-0.15, -0.1) is 0 Å². The van der Waals surface area contributed by atoms with Gasteiger partial charge in [-0.25, -0.2) is 13.2 Å². The Balaban J connectivity index is 3.29. The normalized spacial score (nSPS) is 13.6. The van der Waals surface area contributed by atoms with Crippen LogP contribution in [-0.2, 0) is 24.4 Å². The Bertz CT molecular complexity index is 913. The zero-order chi connectivity index (χ0) is 23.2. The number of nitrogens with one attached hydrogen (secondary N) is 1. The molecule has 12 nitrogen and oxygen atoms in total. The maximum Gasteiger partial charge on any atom is 0.326 e. The number of non-ortho nitro benzene ring substituents is 1. The number of nitro benzene ring substituents is 1. The van der Waals surface area contributed by atoms with E-state index in [-0.39, 0.29) is 17.1 Å². The van der Waals surface area contributed by atoms with Crippen LogP contribution in [0.15, 0.2) is 29.2 Å². The molecular weight excluding hydrogens is 422 g/mol. The minimum Gasteiger partial charge on any atom is -0.481 e. The van der Waals surface area contributed by atoms with Crippen molar-refractivity contribution in [3.05, 3.63) is 34.4 Å². The quantitative estimate of drug-likeness (QED) is 0.325. The summed E-state index contributed by atoms with van der Waals surface area (Å²) >= 11 is 0. The van der Waals surface area contributed by atoms with E-state index in [1.807, 2.05) is 0 Å². The maximum atomic E-state index is 13.1. The lowest BCUT2D eigenvalue weighted by molar-refractivity contribution is -0.384. The van der Waals surface area contributed by atoms with E-state index in [0.717, 1.165) is 28.6 Å². The number of nitro groups is 1. The van der Waals surface area contributed by atoms with Gasteiger partial charge in [0.05, 0.1) is 16.2 Å². The summed E-state index contributed by atoms with van der Waals surface area (Å²) in [5, 5.41) is 30.8. The SMILES string of the molecule is CCN([C@H](C(=O)N[C@@H](CC(=O)O)C(=O)O)C(C)C)S(=O)(=O)c1ccc([N+](=O)[O-])cc1. The molecule has 0 unspecified atom stereocenters. The topological polar surface area (TPSA) is 184 Å². The molecule has 3 N–H and O–H groups in total. The van der Waals surface area contributed by atoms with Gasteiger partial charge in [-0.2, -0.15) is 4.31 Å². The third-order valence-electron chi connectivity index (χ3n) is 4.17. The first-order chi connectivity index (χ1) is 13.8. The van der Waals surface area contributed by atoms with Crippen molar-refractivity contribution in [1.82, 2.24) is 9.62 Å². The van der Waals surface area contributed by atoms with Gasteiger partial charge in [-0.1, -0.05) is 20.8 Å². The van der Waals surface area contributed by atoms with Crippen LogP contribution in [0.1, 0.15) is 27.2 Å². The molecule has 0 bridgehead atoms. The van der Waals surface area contributed by atoms with Gasteiger partial charge in [-0.05, 0) is 18.1 Å². The highest BCUT2D eigenvalue weighted by Gasteiger charge is 2.38. The van der Waals surface area contributed by atoms with Gasteiger partial charge in [0.25, 0.3) is 5.69 Å². The predicted molar refractivity (Wildman–Crippen MR) is 103 cm³/mol. The number of likely N-dealkylation sites (N-methyl/N-ethyl adjacent to an activating group) is 1. The molecule has 166 valence electrons. The van der Waals surface area contributed by atoms with Gasteiger partial charge >= 0.3 is 11.9 Å². The average Bonchev–Trinajstić information content (AvgIpc) is 2.64. The molecule has 2 atom stereocenters. The van der Waals surface area contributed by atoms with Gasteiger partial charge in [0.15, 0.2) is 0 Å². The van der Waals surface area contributed by atoms with Crippen molar-refractivity contribution in [2.75, 3.05) is 6.54 Å². The third kappa shape index (κ3) is 5.97. The summed E-state index contributed by atoms with van der Waals surface area (Å²) in [6, 6.07) is 1.02. The van der Waals surface area contributed by atoms with Gasteiger partial charge in [0.2, 0.25) is 15.9 Å². The number of rotatable bonds is 11. The molecule has 1 aromatic rings. The van der Waals surface area contributed by atoms with Crippen LogP contribution in [-0.4, -0.2) is 64.3 Å². The highest BCUT2D eigenvalue weighted by atomic mass is 32.2. The second-order valence-corrected chi connectivity index (χ2v) is 8.54. The highest BCUT2D eigenvalue weighted by Crippen LogP contribution is 2.24. The van der Waals surface area contributed by atoms with Crippen LogP contribution in [0.25, 0.3) is 0 Å². The molecule has 1 aromatic carbocycles. The Morgan fingerprint density at radius 2 is 1.70 bits per heavy atom. The zero-order valence-corrected chi connectivity index (χ0v) is 17.3. The summed E-state index contributed by atoms with van der Waals surface area (Å²) in [5.74, 6) is -4.59. The molecule has 0 radical (unpaired) electrons. The van der Waals surface area contributed by atoms with E-state index in [4.69, 9.17) is 10.2 Å². The third-order valence-corrected chi connectivity index (χ3v) is 6.14. The first kappa shape index (κ1) is 25.0. The fraction of sp³-hybridized carbons (Fsp3) is 0.471. The van der Waals surface area contributed by atoms with Crippen LogP contribution >= 0.6 is 0 Å². The fourth-order valence-corrected chi connectivity index (χ4v) is 4.52. The second-order valence-electron chi connectivity index (χ2n) is 6.65. The molecule has 30 heavy (non-hydrogen) atoms. The Morgan fingerprint density at radius 3 is 2.07 bits per heavy atom. The molecule has 0 aliphatic rings. The van der Waals surface area contributed by atoms with Crippen LogP contribution in [0.2, 0.25) is 0 Å². The van der Waals surface area contributed by atoms with Gasteiger partial charge in [0.1, 0.15) is 12.1 Å². The Labute approximate surface area is 172 Å². The van der Waals surface area contributed by atoms with Crippen LogP contribution in [0.4, 0.5) is 5.69 Å². The number of benzene rings is 1. The van der Waals surface area contributed by atoms with E-state index >= 15 is 0 Å². The monoisotopic (exact) mass is 445 g/mol. The molecule has 0 aromatic heterocycles. The second kappa shape index (κ2) is 10.1. The molecular formula is C17H23N3O9S. The molecule has 0 aliphatic heterocycles. The van der Waals surface area contributed by atoms with E-state index in [1.54, 1.807) is 13.8 Å². The van der Waals surface area contributed by atoms with Crippen LogP contribution < -0.4 is 5.32 Å². The zero-order valence-electron chi connectivity index (χ0n) is 16.5. The summed E-state index contributed by atoms with van der Waals surface area (Å²) in [5.41, 5.74) is -0.312.